The van der Waals surface area contributed by atoms with Crippen LogP contribution < -0.4 is 4.74 Å². The predicted octanol–water partition coefficient (Wildman–Crippen LogP) is 4.06. The van der Waals surface area contributed by atoms with E-state index in [1.807, 2.05) is 24.9 Å². The van der Waals surface area contributed by atoms with Crippen molar-refractivity contribution in [2.75, 3.05) is 20.2 Å². The van der Waals surface area contributed by atoms with Gasteiger partial charge in [-0.2, -0.15) is 0 Å². The maximum Gasteiger partial charge on any atom is 0.259 e. The van der Waals surface area contributed by atoms with E-state index < -0.39 is 0 Å². The smallest absolute Gasteiger partial charge is 0.259 e. The minimum atomic E-state index is -0.0289. The van der Waals surface area contributed by atoms with E-state index in [-0.39, 0.29) is 11.3 Å². The topological polar surface area (TPSA) is 42.4 Å². The van der Waals surface area contributed by atoms with E-state index in [1.54, 1.807) is 18.3 Å². The molecule has 0 atom stereocenters. The summed E-state index contributed by atoms with van der Waals surface area (Å²) in [6.45, 7) is 3.11. The number of amides is 1. The molecule has 0 aliphatic heterocycles. The number of benzene rings is 1. The van der Waals surface area contributed by atoms with Gasteiger partial charge in [-0.3, -0.25) is 4.79 Å². The van der Waals surface area contributed by atoms with Crippen LogP contribution >= 0.6 is 0 Å². The fraction of sp³-hybridized carbons (Fsp3) is 0.429. The second-order valence-electron chi connectivity index (χ2n) is 6.80. The van der Waals surface area contributed by atoms with Crippen molar-refractivity contribution in [3.63, 3.8) is 0 Å². The van der Waals surface area contributed by atoms with E-state index in [9.17, 15) is 4.79 Å². The molecule has 0 spiro atoms. The van der Waals surface area contributed by atoms with Crippen molar-refractivity contribution in [3.8, 4) is 5.88 Å². The zero-order valence-electron chi connectivity index (χ0n) is 15.1. The highest BCUT2D eigenvalue weighted by Crippen LogP contribution is 2.41. The Hall–Kier alpha value is -2.36. The quantitative estimate of drug-likeness (QED) is 0.797. The number of ether oxygens (including phenoxy) is 1. The van der Waals surface area contributed by atoms with Gasteiger partial charge in [-0.15, -0.1) is 0 Å². The van der Waals surface area contributed by atoms with Crippen molar-refractivity contribution in [1.29, 1.82) is 0 Å². The number of rotatable bonds is 6. The summed E-state index contributed by atoms with van der Waals surface area (Å²) in [5.41, 5.74) is 1.93. The zero-order valence-corrected chi connectivity index (χ0v) is 15.1. The fourth-order valence-electron chi connectivity index (χ4n) is 3.92. The van der Waals surface area contributed by atoms with Crippen LogP contribution in [-0.2, 0) is 5.41 Å². The number of pyridine rings is 1. The van der Waals surface area contributed by atoms with E-state index >= 15 is 0 Å². The molecule has 1 aromatic carbocycles. The first-order chi connectivity index (χ1) is 12.2. The Balaban J connectivity index is 1.83. The first-order valence-corrected chi connectivity index (χ1v) is 9.05. The van der Waals surface area contributed by atoms with Gasteiger partial charge in [0.1, 0.15) is 5.56 Å². The van der Waals surface area contributed by atoms with Gasteiger partial charge in [0.25, 0.3) is 5.91 Å². The van der Waals surface area contributed by atoms with Crippen LogP contribution in [0.15, 0.2) is 48.7 Å². The van der Waals surface area contributed by atoms with Crippen LogP contribution in [0, 0.1) is 0 Å². The summed E-state index contributed by atoms with van der Waals surface area (Å²) in [5.74, 6) is 0.390. The summed E-state index contributed by atoms with van der Waals surface area (Å²) in [6, 6.07) is 14.2. The number of hydrogen-bond acceptors (Lipinski definition) is 3. The first-order valence-electron chi connectivity index (χ1n) is 9.05. The first kappa shape index (κ1) is 17.5. The highest BCUT2D eigenvalue weighted by atomic mass is 16.5. The van der Waals surface area contributed by atoms with E-state index in [2.05, 4.69) is 29.2 Å². The molecule has 4 nitrogen and oxygen atoms in total. The van der Waals surface area contributed by atoms with Crippen LogP contribution in [0.3, 0.4) is 0 Å². The molecule has 132 valence electrons. The Kier molecular flexibility index (Phi) is 5.37. The van der Waals surface area contributed by atoms with Gasteiger partial charge in [0, 0.05) is 25.2 Å². The summed E-state index contributed by atoms with van der Waals surface area (Å²) in [7, 11) is 1.88. The van der Waals surface area contributed by atoms with Gasteiger partial charge in [-0.1, -0.05) is 43.2 Å². The molecule has 1 aliphatic rings. The molecule has 0 bridgehead atoms. The number of carbonyl (C=O) groups is 1. The highest BCUT2D eigenvalue weighted by Gasteiger charge is 2.37. The maximum absolute atomic E-state index is 13.0. The lowest BCUT2D eigenvalue weighted by atomic mass is 9.78. The highest BCUT2D eigenvalue weighted by molar-refractivity contribution is 5.96. The zero-order chi connectivity index (χ0) is 17.7. The second-order valence-corrected chi connectivity index (χ2v) is 6.80. The van der Waals surface area contributed by atoms with Gasteiger partial charge in [-0.05, 0) is 37.5 Å². The van der Waals surface area contributed by atoms with E-state index in [1.165, 1.54) is 18.4 Å². The van der Waals surface area contributed by atoms with Crippen molar-refractivity contribution >= 4 is 5.91 Å². The van der Waals surface area contributed by atoms with Gasteiger partial charge < -0.3 is 9.64 Å². The van der Waals surface area contributed by atoms with Crippen molar-refractivity contribution in [2.24, 2.45) is 0 Å². The van der Waals surface area contributed by atoms with E-state index in [0.29, 0.717) is 18.1 Å². The molecule has 1 fully saturated rings. The Morgan fingerprint density at radius 1 is 1.16 bits per heavy atom. The SMILES string of the molecule is CCOc1ncccc1C(=O)N(C)CC1(c2ccccc2)CCCC1. The largest absolute Gasteiger partial charge is 0.477 e. The minimum Gasteiger partial charge on any atom is -0.477 e. The molecule has 0 N–H and O–H groups in total. The standard InChI is InChI=1S/C21H26N2O2/c1-3-25-19-18(12-9-15-22-19)20(24)23(2)16-21(13-7-8-14-21)17-10-5-4-6-11-17/h4-6,9-12,15H,3,7-8,13-14,16H2,1-2H3. The van der Waals surface area contributed by atoms with Gasteiger partial charge in [-0.25, -0.2) is 4.98 Å². The van der Waals surface area contributed by atoms with Crippen LogP contribution in [-0.4, -0.2) is 36.0 Å². The molecule has 2 aromatic rings. The van der Waals surface area contributed by atoms with Crippen LogP contribution in [0.2, 0.25) is 0 Å². The van der Waals surface area contributed by atoms with Crippen molar-refractivity contribution in [1.82, 2.24) is 9.88 Å². The Bertz CT molecular complexity index is 709. The lowest BCUT2D eigenvalue weighted by Crippen LogP contribution is -2.40. The number of likely N-dealkylation sites (N-methyl/N-ethyl adjacent to an activating group) is 1. The third kappa shape index (κ3) is 3.68. The average molecular weight is 338 g/mol. The average Bonchev–Trinajstić information content (AvgIpc) is 3.12. The lowest BCUT2D eigenvalue weighted by molar-refractivity contribution is 0.0753. The Labute approximate surface area is 149 Å². The van der Waals surface area contributed by atoms with Gasteiger partial charge in [0.2, 0.25) is 5.88 Å². The van der Waals surface area contributed by atoms with E-state index in [0.717, 1.165) is 19.4 Å². The molecule has 0 unspecified atom stereocenters. The lowest BCUT2D eigenvalue weighted by Gasteiger charge is -2.34. The molecular weight excluding hydrogens is 312 g/mol. The normalized spacial score (nSPS) is 15.8. The summed E-state index contributed by atoms with van der Waals surface area (Å²) in [4.78, 5) is 19.0. The summed E-state index contributed by atoms with van der Waals surface area (Å²) >= 11 is 0. The fourth-order valence-corrected chi connectivity index (χ4v) is 3.92. The van der Waals surface area contributed by atoms with Crippen molar-refractivity contribution < 1.29 is 9.53 Å². The molecule has 0 saturated heterocycles. The molecule has 25 heavy (non-hydrogen) atoms. The van der Waals surface area contributed by atoms with Crippen LogP contribution in [0.1, 0.15) is 48.5 Å². The number of nitrogens with zero attached hydrogens (tertiary/aromatic N) is 2. The second kappa shape index (κ2) is 7.68. The summed E-state index contributed by atoms with van der Waals surface area (Å²) in [5, 5.41) is 0. The molecule has 4 heteroatoms. The van der Waals surface area contributed by atoms with Gasteiger partial charge in [0.15, 0.2) is 0 Å². The molecule has 1 saturated carbocycles. The third-order valence-electron chi connectivity index (χ3n) is 5.12. The molecule has 1 amide bonds. The number of aromatic nitrogens is 1. The summed E-state index contributed by atoms with van der Waals surface area (Å²) < 4.78 is 5.53. The van der Waals surface area contributed by atoms with Crippen LogP contribution in [0.4, 0.5) is 0 Å². The Morgan fingerprint density at radius 2 is 1.88 bits per heavy atom. The third-order valence-corrected chi connectivity index (χ3v) is 5.12. The monoisotopic (exact) mass is 338 g/mol. The molecule has 1 heterocycles. The molecule has 1 aromatic heterocycles. The number of carbonyl (C=O) groups excluding carboxylic acids is 1. The van der Waals surface area contributed by atoms with Crippen molar-refractivity contribution in [3.05, 3.63) is 59.8 Å². The molecule has 0 radical (unpaired) electrons. The molecule has 3 rings (SSSR count). The van der Waals surface area contributed by atoms with Crippen molar-refractivity contribution in [2.45, 2.75) is 38.0 Å². The molecule has 1 aliphatic carbocycles. The Morgan fingerprint density at radius 3 is 2.56 bits per heavy atom. The van der Waals surface area contributed by atoms with E-state index in [4.69, 9.17) is 4.74 Å². The predicted molar refractivity (Wildman–Crippen MR) is 99.0 cm³/mol. The minimum absolute atomic E-state index is 0.0289. The van der Waals surface area contributed by atoms with Crippen LogP contribution in [0.5, 0.6) is 5.88 Å². The number of hydrogen-bond donors (Lipinski definition) is 0. The summed E-state index contributed by atoms with van der Waals surface area (Å²) in [6.07, 6.45) is 6.34. The van der Waals surface area contributed by atoms with Gasteiger partial charge in [0.05, 0.1) is 6.61 Å². The molecular formula is C21H26N2O2. The van der Waals surface area contributed by atoms with Gasteiger partial charge >= 0.3 is 0 Å². The maximum atomic E-state index is 13.0. The van der Waals surface area contributed by atoms with Crippen LogP contribution in [0.25, 0.3) is 0 Å².